The van der Waals surface area contributed by atoms with Gasteiger partial charge in [-0.1, -0.05) is 19.3 Å². The maximum absolute atomic E-state index is 7.72. The maximum Gasteiger partial charge on any atom is 0.124 e. The molecule has 0 unspecified atom stereocenters. The predicted molar refractivity (Wildman–Crippen MR) is 79.3 cm³/mol. The molecular formula is C15H23N3O. The van der Waals surface area contributed by atoms with E-state index in [1.54, 1.807) is 7.11 Å². The van der Waals surface area contributed by atoms with Gasteiger partial charge in [0.2, 0.25) is 0 Å². The Morgan fingerprint density at radius 3 is 2.58 bits per heavy atom. The zero-order chi connectivity index (χ0) is 13.8. The smallest absolute Gasteiger partial charge is 0.124 e. The molecule has 1 aromatic rings. The van der Waals surface area contributed by atoms with Crippen LogP contribution in [0.5, 0.6) is 5.75 Å². The summed E-state index contributed by atoms with van der Waals surface area (Å²) in [5.41, 5.74) is 7.47. The number of nitrogens with one attached hydrogen (secondary N) is 1. The van der Waals surface area contributed by atoms with E-state index >= 15 is 0 Å². The van der Waals surface area contributed by atoms with E-state index in [0.717, 1.165) is 17.0 Å². The van der Waals surface area contributed by atoms with Crippen LogP contribution in [-0.2, 0) is 0 Å². The SMILES string of the molecule is COc1ccc(C(=N)N)c(N(C)C2CCCCC2)c1. The fourth-order valence-electron chi connectivity index (χ4n) is 2.82. The van der Waals surface area contributed by atoms with Gasteiger partial charge >= 0.3 is 0 Å². The van der Waals surface area contributed by atoms with Crippen molar-refractivity contribution < 1.29 is 4.74 Å². The number of ether oxygens (including phenoxy) is 1. The lowest BCUT2D eigenvalue weighted by Gasteiger charge is -2.34. The van der Waals surface area contributed by atoms with Gasteiger partial charge in [0.15, 0.2) is 0 Å². The highest BCUT2D eigenvalue weighted by molar-refractivity contribution is 6.00. The predicted octanol–water partition coefficient (Wildman–Crippen LogP) is 2.75. The van der Waals surface area contributed by atoms with Crippen molar-refractivity contribution in [3.05, 3.63) is 23.8 Å². The Morgan fingerprint density at radius 2 is 2.00 bits per heavy atom. The number of nitrogens with zero attached hydrogens (tertiary/aromatic N) is 1. The van der Waals surface area contributed by atoms with E-state index < -0.39 is 0 Å². The molecule has 0 saturated heterocycles. The van der Waals surface area contributed by atoms with Crippen LogP contribution in [0.15, 0.2) is 18.2 Å². The lowest BCUT2D eigenvalue weighted by molar-refractivity contribution is 0.412. The molecule has 4 heteroatoms. The minimum Gasteiger partial charge on any atom is -0.497 e. The van der Waals surface area contributed by atoms with Crippen LogP contribution in [0.4, 0.5) is 5.69 Å². The van der Waals surface area contributed by atoms with Crippen LogP contribution in [0.25, 0.3) is 0 Å². The molecule has 2 rings (SSSR count). The number of rotatable bonds is 4. The van der Waals surface area contributed by atoms with Crippen LogP contribution in [0.1, 0.15) is 37.7 Å². The van der Waals surface area contributed by atoms with Gasteiger partial charge < -0.3 is 15.4 Å². The largest absolute Gasteiger partial charge is 0.497 e. The summed E-state index contributed by atoms with van der Waals surface area (Å²) in [6.07, 6.45) is 6.33. The van der Waals surface area contributed by atoms with Crippen LogP contribution >= 0.6 is 0 Å². The average molecular weight is 261 g/mol. The van der Waals surface area contributed by atoms with E-state index in [9.17, 15) is 0 Å². The molecule has 0 bridgehead atoms. The third kappa shape index (κ3) is 3.00. The Hall–Kier alpha value is -1.71. The second kappa shape index (κ2) is 5.95. The Balaban J connectivity index is 2.31. The molecule has 0 amide bonds. The second-order valence-electron chi connectivity index (χ2n) is 5.20. The number of anilines is 1. The Bertz CT molecular complexity index is 453. The lowest BCUT2D eigenvalue weighted by Crippen LogP contribution is -2.34. The summed E-state index contributed by atoms with van der Waals surface area (Å²) in [6, 6.07) is 6.25. The summed E-state index contributed by atoms with van der Waals surface area (Å²) in [7, 11) is 3.75. The highest BCUT2D eigenvalue weighted by Crippen LogP contribution is 2.31. The summed E-state index contributed by atoms with van der Waals surface area (Å²) in [4.78, 5) is 2.26. The number of hydrogen-bond acceptors (Lipinski definition) is 3. The third-order valence-electron chi connectivity index (χ3n) is 4.00. The van der Waals surface area contributed by atoms with Gasteiger partial charge in [0.25, 0.3) is 0 Å². The number of methoxy groups -OCH3 is 1. The van der Waals surface area contributed by atoms with E-state index in [1.807, 2.05) is 18.2 Å². The molecule has 1 saturated carbocycles. The topological polar surface area (TPSA) is 62.3 Å². The second-order valence-corrected chi connectivity index (χ2v) is 5.20. The van der Waals surface area contributed by atoms with E-state index in [-0.39, 0.29) is 5.84 Å². The van der Waals surface area contributed by atoms with E-state index in [1.165, 1.54) is 32.1 Å². The number of hydrogen-bond donors (Lipinski definition) is 2. The van der Waals surface area contributed by atoms with Crippen LogP contribution < -0.4 is 15.4 Å². The van der Waals surface area contributed by atoms with Crippen molar-refractivity contribution in [1.29, 1.82) is 5.41 Å². The molecule has 1 aliphatic rings. The molecule has 0 spiro atoms. The van der Waals surface area contributed by atoms with E-state index in [2.05, 4.69) is 11.9 Å². The van der Waals surface area contributed by atoms with Crippen molar-refractivity contribution in [3.63, 3.8) is 0 Å². The number of nitrogen functional groups attached to an aromatic ring is 1. The molecule has 1 aliphatic carbocycles. The van der Waals surface area contributed by atoms with Gasteiger partial charge in [0.05, 0.1) is 12.8 Å². The van der Waals surface area contributed by atoms with Gasteiger partial charge in [-0.25, -0.2) is 0 Å². The van der Waals surface area contributed by atoms with Crippen molar-refractivity contribution in [2.24, 2.45) is 5.73 Å². The highest BCUT2D eigenvalue weighted by atomic mass is 16.5. The molecule has 19 heavy (non-hydrogen) atoms. The van der Waals surface area contributed by atoms with Gasteiger partial charge in [-0.2, -0.15) is 0 Å². The van der Waals surface area contributed by atoms with Crippen LogP contribution in [0.2, 0.25) is 0 Å². The van der Waals surface area contributed by atoms with E-state index in [0.29, 0.717) is 6.04 Å². The summed E-state index contributed by atoms with van der Waals surface area (Å²) >= 11 is 0. The molecule has 4 nitrogen and oxygen atoms in total. The first kappa shape index (κ1) is 13.7. The zero-order valence-electron chi connectivity index (χ0n) is 11.8. The fourth-order valence-corrected chi connectivity index (χ4v) is 2.82. The molecule has 0 radical (unpaired) electrons. The lowest BCUT2D eigenvalue weighted by atomic mass is 9.93. The summed E-state index contributed by atoms with van der Waals surface area (Å²) < 4.78 is 5.29. The van der Waals surface area contributed by atoms with Crippen LogP contribution in [-0.4, -0.2) is 26.0 Å². The monoisotopic (exact) mass is 261 g/mol. The maximum atomic E-state index is 7.72. The van der Waals surface area contributed by atoms with E-state index in [4.69, 9.17) is 15.9 Å². The third-order valence-corrected chi connectivity index (χ3v) is 4.00. The molecular weight excluding hydrogens is 238 g/mol. The first-order valence-electron chi connectivity index (χ1n) is 6.88. The van der Waals surface area contributed by atoms with Gasteiger partial charge in [-0.15, -0.1) is 0 Å². The minimum absolute atomic E-state index is 0.111. The minimum atomic E-state index is 0.111. The number of amidine groups is 1. The molecule has 0 aromatic heterocycles. The van der Waals surface area contributed by atoms with Crippen molar-refractivity contribution in [3.8, 4) is 5.75 Å². The molecule has 0 aliphatic heterocycles. The quantitative estimate of drug-likeness (QED) is 0.647. The average Bonchev–Trinajstić information content (AvgIpc) is 2.46. The van der Waals surface area contributed by atoms with Gasteiger partial charge in [0.1, 0.15) is 11.6 Å². The number of nitrogens with two attached hydrogens (primary N) is 1. The molecule has 0 heterocycles. The summed E-state index contributed by atoms with van der Waals surface area (Å²) in [6.45, 7) is 0. The normalized spacial score (nSPS) is 16.1. The van der Waals surface area contributed by atoms with Crippen molar-refractivity contribution in [1.82, 2.24) is 0 Å². The van der Waals surface area contributed by atoms with Crippen molar-refractivity contribution in [2.75, 3.05) is 19.1 Å². The highest BCUT2D eigenvalue weighted by Gasteiger charge is 2.21. The van der Waals surface area contributed by atoms with Gasteiger partial charge in [-0.3, -0.25) is 5.41 Å². The van der Waals surface area contributed by atoms with Crippen LogP contribution in [0, 0.1) is 5.41 Å². The van der Waals surface area contributed by atoms with Crippen molar-refractivity contribution in [2.45, 2.75) is 38.1 Å². The zero-order valence-corrected chi connectivity index (χ0v) is 11.8. The first-order chi connectivity index (χ1) is 9.13. The molecule has 0 atom stereocenters. The van der Waals surface area contributed by atoms with Crippen molar-refractivity contribution >= 4 is 11.5 Å². The Kier molecular flexibility index (Phi) is 4.30. The molecule has 104 valence electrons. The standard InChI is InChI=1S/C15H23N3O/c1-18(11-6-4-3-5-7-11)14-10-12(19-2)8-9-13(14)15(16)17/h8-11H,3-7H2,1-2H3,(H3,16,17). The summed E-state index contributed by atoms with van der Waals surface area (Å²) in [5.74, 6) is 0.919. The summed E-state index contributed by atoms with van der Waals surface area (Å²) in [5, 5.41) is 7.72. The Labute approximate surface area is 115 Å². The molecule has 1 aromatic carbocycles. The molecule has 3 N–H and O–H groups in total. The number of benzene rings is 1. The fraction of sp³-hybridized carbons (Fsp3) is 0.533. The Morgan fingerprint density at radius 1 is 1.32 bits per heavy atom. The first-order valence-corrected chi connectivity index (χ1v) is 6.88. The van der Waals surface area contributed by atoms with Crippen LogP contribution in [0.3, 0.4) is 0 Å². The van der Waals surface area contributed by atoms with Gasteiger partial charge in [-0.05, 0) is 25.0 Å². The van der Waals surface area contributed by atoms with Gasteiger partial charge in [0, 0.05) is 24.7 Å². The molecule has 1 fully saturated rings.